The maximum Gasteiger partial charge on any atom is 0.243 e. The fraction of sp³-hybridized carbons (Fsp3) is 0.884. The van der Waals surface area contributed by atoms with Crippen LogP contribution in [0.1, 0.15) is 94.2 Å². The van der Waals surface area contributed by atoms with Crippen LogP contribution >= 0.6 is 0 Å². The molecule has 4 fully saturated rings. The summed E-state index contributed by atoms with van der Waals surface area (Å²) in [5, 5.41) is 80.5. The van der Waals surface area contributed by atoms with Gasteiger partial charge >= 0.3 is 0 Å². The van der Waals surface area contributed by atoms with Crippen LogP contribution in [0.5, 0.6) is 0 Å². The minimum atomic E-state index is -1.48. The van der Waals surface area contributed by atoms with Crippen LogP contribution in [0.2, 0.25) is 0 Å². The van der Waals surface area contributed by atoms with Crippen molar-refractivity contribution in [2.45, 2.75) is 200 Å². The van der Waals surface area contributed by atoms with Crippen molar-refractivity contribution in [1.29, 1.82) is 0 Å². The Morgan fingerprint density at radius 1 is 0.730 bits per heavy atom. The van der Waals surface area contributed by atoms with Crippen molar-refractivity contribution in [3.05, 3.63) is 11.9 Å². The van der Waals surface area contributed by atoms with E-state index in [0.717, 1.165) is 0 Å². The molecule has 0 radical (unpaired) electrons. The molecule has 360 valence electrons. The zero-order valence-corrected chi connectivity index (χ0v) is 38.2. The number of ketones is 1. The number of ether oxygens (including phenoxy) is 6. The molecule has 21 atom stereocenters. The molecule has 5 rings (SSSR count). The van der Waals surface area contributed by atoms with Gasteiger partial charge in [-0.1, -0.05) is 67.5 Å². The van der Waals surface area contributed by atoms with Crippen molar-refractivity contribution in [2.24, 2.45) is 35.5 Å². The number of carbonyl (C=O) groups is 3. The molecule has 20 heteroatoms. The highest BCUT2D eigenvalue weighted by Crippen LogP contribution is 2.40. The Kier molecular flexibility index (Phi) is 18.0. The van der Waals surface area contributed by atoms with Gasteiger partial charge in [0.15, 0.2) is 18.9 Å². The summed E-state index contributed by atoms with van der Waals surface area (Å²) in [6.45, 7) is 17.3. The molecule has 1 saturated carbocycles. The van der Waals surface area contributed by atoms with Crippen LogP contribution in [-0.2, 0) is 55.8 Å². The largest absolute Gasteiger partial charge is 0.390 e. The van der Waals surface area contributed by atoms with Gasteiger partial charge in [-0.05, 0) is 43.9 Å². The monoisotopic (exact) mass is 900 g/mol. The van der Waals surface area contributed by atoms with E-state index in [2.05, 4.69) is 20.9 Å². The lowest BCUT2D eigenvalue weighted by Crippen LogP contribution is -2.59. The average molecular weight is 900 g/mol. The van der Waals surface area contributed by atoms with Gasteiger partial charge in [0, 0.05) is 30.4 Å². The van der Waals surface area contributed by atoms with Crippen LogP contribution in [0.25, 0.3) is 0 Å². The zero-order valence-electron chi connectivity index (χ0n) is 38.2. The first kappa shape index (κ1) is 51.3. The van der Waals surface area contributed by atoms with Crippen molar-refractivity contribution in [2.75, 3.05) is 6.54 Å². The molecule has 4 aliphatic rings. The Labute approximate surface area is 369 Å². The van der Waals surface area contributed by atoms with E-state index in [-0.39, 0.29) is 43.0 Å². The number of rotatable bonds is 18. The summed E-state index contributed by atoms with van der Waals surface area (Å²) in [5.74, 6) is -3.69. The van der Waals surface area contributed by atoms with E-state index in [1.54, 1.807) is 47.7 Å². The van der Waals surface area contributed by atoms with Crippen molar-refractivity contribution < 1.29 is 73.4 Å². The van der Waals surface area contributed by atoms with Crippen LogP contribution in [0, 0.1) is 35.5 Å². The second-order valence-electron chi connectivity index (χ2n) is 18.8. The SMILES string of the molecule is CCC1O[C@H](O[C@@H]2C(C)C[C@@H](C)C(O)[C@H]2O[C@@H]2O[C@H](Cn3cc(CC(C)C(=O)NC(C(=O)NCC(C)=O)C(C)C)nn3)[C@H](O[C@H]3O[C@@H](CC)[C@@H](O)C(O)C3C)C2O)C(C)[C@@H](O)[C@@H]1O. The number of aliphatic hydroxyl groups is 6. The summed E-state index contributed by atoms with van der Waals surface area (Å²) >= 11 is 0. The number of hydrogen-bond acceptors (Lipinski definition) is 17. The van der Waals surface area contributed by atoms with Crippen molar-refractivity contribution in [3.63, 3.8) is 0 Å². The summed E-state index contributed by atoms with van der Waals surface area (Å²) in [6, 6.07) is -0.858. The Morgan fingerprint density at radius 3 is 1.81 bits per heavy atom. The molecular weight excluding hydrogens is 826 g/mol. The first-order valence-electron chi connectivity index (χ1n) is 22.6. The summed E-state index contributed by atoms with van der Waals surface area (Å²) in [5.41, 5.74) is 0.450. The third-order valence-corrected chi connectivity index (χ3v) is 13.2. The number of nitrogens with one attached hydrogen (secondary N) is 2. The first-order valence-corrected chi connectivity index (χ1v) is 22.6. The molecule has 1 aromatic heterocycles. The van der Waals surface area contributed by atoms with Gasteiger partial charge in [-0.15, -0.1) is 5.10 Å². The van der Waals surface area contributed by atoms with Gasteiger partial charge in [0.1, 0.15) is 48.4 Å². The topological polar surface area (TPSA) is 283 Å². The average Bonchev–Trinajstić information content (AvgIpc) is 3.80. The summed E-state index contributed by atoms with van der Waals surface area (Å²) < 4.78 is 39.6. The third kappa shape index (κ3) is 12.0. The van der Waals surface area contributed by atoms with Crippen LogP contribution in [0.4, 0.5) is 0 Å². The van der Waals surface area contributed by atoms with Gasteiger partial charge in [-0.2, -0.15) is 0 Å². The Morgan fingerprint density at radius 2 is 1.27 bits per heavy atom. The van der Waals surface area contributed by atoms with Crippen LogP contribution < -0.4 is 10.6 Å². The van der Waals surface area contributed by atoms with E-state index in [1.165, 1.54) is 11.6 Å². The summed E-state index contributed by atoms with van der Waals surface area (Å²) in [4.78, 5) is 37.4. The molecule has 63 heavy (non-hydrogen) atoms. The summed E-state index contributed by atoms with van der Waals surface area (Å²) in [6.07, 6.45) is -12.7. The minimum Gasteiger partial charge on any atom is -0.390 e. The maximum absolute atomic E-state index is 13.3. The molecule has 0 bridgehead atoms. The molecule has 2 amide bonds. The minimum absolute atomic E-state index is 0.0314. The predicted octanol–water partition coefficient (Wildman–Crippen LogP) is -0.433. The Hall–Kier alpha value is -2.73. The van der Waals surface area contributed by atoms with Gasteiger partial charge in [0.25, 0.3) is 0 Å². The fourth-order valence-electron chi connectivity index (χ4n) is 9.06. The van der Waals surface area contributed by atoms with Crippen LogP contribution in [-0.4, -0.2) is 168 Å². The second-order valence-corrected chi connectivity index (χ2v) is 18.8. The zero-order chi connectivity index (χ0) is 46.6. The van der Waals surface area contributed by atoms with E-state index in [1.807, 2.05) is 20.8 Å². The standard InChI is InChI=1S/C43H73N5O15/c1-11-26-33(53)31(51)23(9)41(58-26)61-36-20(6)13-19(5)30(50)38(36)63-43-35(55)37(62-42-24(10)32(52)34(54)27(12-2)59-42)28(60-43)17-48-16-25(46-47-48)14-21(7)39(56)45-29(18(3)4)40(57)44-15-22(8)49/h16,18-21,23-24,26-38,41-43,50-55H,11-15,17H2,1-10H3,(H,44,57)(H,45,56)/t19-,20?,21?,23?,24?,26?,27+,28-,29?,30?,31-,32?,33-,34-,35?,36-,37+,38-,41-,42-,43+/m1/s1. The van der Waals surface area contributed by atoms with E-state index in [4.69, 9.17) is 28.4 Å². The molecule has 0 aromatic carbocycles. The first-order chi connectivity index (χ1) is 29.7. The molecule has 20 nitrogen and oxygen atoms in total. The van der Waals surface area contributed by atoms with Crippen molar-refractivity contribution >= 4 is 17.6 Å². The molecule has 9 unspecified atom stereocenters. The molecule has 0 spiro atoms. The predicted molar refractivity (Wildman–Crippen MR) is 222 cm³/mol. The molecule has 3 saturated heterocycles. The highest BCUT2D eigenvalue weighted by molar-refractivity contribution is 5.91. The molecule has 8 N–H and O–H groups in total. The number of carbonyl (C=O) groups excluding carboxylic acids is 3. The van der Waals surface area contributed by atoms with Crippen LogP contribution in [0.15, 0.2) is 6.20 Å². The lowest BCUT2D eigenvalue weighted by Gasteiger charge is -2.47. The third-order valence-electron chi connectivity index (χ3n) is 13.2. The number of aromatic nitrogens is 3. The molecule has 1 aliphatic carbocycles. The molecular formula is C43H73N5O15. The Balaban J connectivity index is 1.35. The number of hydrogen-bond donors (Lipinski definition) is 8. The molecule has 4 heterocycles. The Bertz CT molecular complexity index is 1650. The molecule has 3 aliphatic heterocycles. The van der Waals surface area contributed by atoms with Crippen LogP contribution in [0.3, 0.4) is 0 Å². The smallest absolute Gasteiger partial charge is 0.243 e. The highest BCUT2D eigenvalue weighted by Gasteiger charge is 2.54. The maximum atomic E-state index is 13.3. The number of Topliss-reactive ketones (excluding diaryl/α,β-unsaturated/α-hetero) is 1. The van der Waals surface area contributed by atoms with Gasteiger partial charge in [0.05, 0.1) is 55.4 Å². The quantitative estimate of drug-likeness (QED) is 0.0928. The van der Waals surface area contributed by atoms with E-state index < -0.39 is 128 Å². The number of amides is 2. The fourth-order valence-corrected chi connectivity index (χ4v) is 9.06. The van der Waals surface area contributed by atoms with Crippen molar-refractivity contribution in [1.82, 2.24) is 25.6 Å². The van der Waals surface area contributed by atoms with Gasteiger partial charge in [-0.3, -0.25) is 14.4 Å². The van der Waals surface area contributed by atoms with E-state index in [9.17, 15) is 45.0 Å². The van der Waals surface area contributed by atoms with E-state index in [0.29, 0.717) is 25.0 Å². The van der Waals surface area contributed by atoms with Gasteiger partial charge < -0.3 is 69.7 Å². The normalized spacial score (nSPS) is 40.7. The second kappa shape index (κ2) is 22.2. The highest BCUT2D eigenvalue weighted by atomic mass is 16.8. The summed E-state index contributed by atoms with van der Waals surface area (Å²) in [7, 11) is 0. The lowest BCUT2D eigenvalue weighted by molar-refractivity contribution is -0.325. The van der Waals surface area contributed by atoms with E-state index >= 15 is 0 Å². The van der Waals surface area contributed by atoms with Gasteiger partial charge in [0.2, 0.25) is 11.8 Å². The lowest BCUT2D eigenvalue weighted by atomic mass is 9.77. The van der Waals surface area contributed by atoms with Gasteiger partial charge in [-0.25, -0.2) is 4.68 Å². The van der Waals surface area contributed by atoms with Crippen molar-refractivity contribution in [3.8, 4) is 0 Å². The number of nitrogens with zero attached hydrogens (tertiary/aromatic N) is 3. The molecule has 1 aromatic rings. The number of aliphatic hydroxyl groups excluding tert-OH is 6.